The maximum atomic E-state index is 5.34. The highest BCUT2D eigenvalue weighted by molar-refractivity contribution is 9.10. The zero-order valence-electron chi connectivity index (χ0n) is 10.2. The number of rotatable bonds is 4. The third-order valence-electron chi connectivity index (χ3n) is 2.80. The summed E-state index contributed by atoms with van der Waals surface area (Å²) in [5.74, 6) is 0.820. The predicted molar refractivity (Wildman–Crippen MR) is 73.0 cm³/mol. The number of hydrogen-bond donors (Lipinski definition) is 0. The third-order valence-corrected chi connectivity index (χ3v) is 3.73. The van der Waals surface area contributed by atoms with E-state index in [0.29, 0.717) is 0 Å². The summed E-state index contributed by atoms with van der Waals surface area (Å²) in [4.78, 5) is 0. The van der Waals surface area contributed by atoms with Gasteiger partial charge in [0, 0.05) is 5.56 Å². The van der Waals surface area contributed by atoms with Crippen LogP contribution in [0.25, 0.3) is 11.3 Å². The van der Waals surface area contributed by atoms with Crippen molar-refractivity contribution in [2.45, 2.75) is 33.1 Å². The second kappa shape index (κ2) is 5.50. The van der Waals surface area contributed by atoms with Crippen LogP contribution in [-0.4, -0.2) is 5.16 Å². The van der Waals surface area contributed by atoms with E-state index in [1.54, 1.807) is 0 Å². The first kappa shape index (κ1) is 12.4. The number of nitrogens with zero attached hydrogens (tertiary/aromatic N) is 1. The molecule has 0 radical (unpaired) electrons. The molecule has 90 valence electrons. The van der Waals surface area contributed by atoms with Crippen molar-refractivity contribution in [2.75, 3.05) is 0 Å². The highest BCUT2D eigenvalue weighted by Gasteiger charge is 2.12. The summed E-state index contributed by atoms with van der Waals surface area (Å²) >= 11 is 3.51. The molecular weight excluding hydrogens is 278 g/mol. The van der Waals surface area contributed by atoms with E-state index in [-0.39, 0.29) is 0 Å². The summed E-state index contributed by atoms with van der Waals surface area (Å²) in [5.41, 5.74) is 3.33. The van der Waals surface area contributed by atoms with Gasteiger partial charge < -0.3 is 4.52 Å². The highest BCUT2D eigenvalue weighted by atomic mass is 79.9. The van der Waals surface area contributed by atoms with Crippen LogP contribution in [0.15, 0.2) is 33.3 Å². The fraction of sp³-hybridized carbons (Fsp3) is 0.357. The van der Waals surface area contributed by atoms with Gasteiger partial charge in [0.15, 0.2) is 5.76 Å². The molecule has 0 unspecified atom stereocenters. The maximum Gasteiger partial charge on any atom is 0.181 e. The Bertz CT molecular complexity index is 505. The average molecular weight is 294 g/mol. The summed E-state index contributed by atoms with van der Waals surface area (Å²) in [7, 11) is 0. The quantitative estimate of drug-likeness (QED) is 0.813. The lowest BCUT2D eigenvalue weighted by Crippen LogP contribution is -1.85. The van der Waals surface area contributed by atoms with Gasteiger partial charge >= 0.3 is 0 Å². The Hall–Kier alpha value is -1.09. The third kappa shape index (κ3) is 2.78. The van der Waals surface area contributed by atoms with E-state index in [4.69, 9.17) is 4.52 Å². The minimum atomic E-state index is 0.820. The number of aromatic nitrogens is 1. The summed E-state index contributed by atoms with van der Waals surface area (Å²) in [6, 6.07) is 8.47. The summed E-state index contributed by atoms with van der Waals surface area (Å²) < 4.78 is 6.29. The molecule has 0 aliphatic rings. The maximum absolute atomic E-state index is 5.34. The van der Waals surface area contributed by atoms with Crippen LogP contribution in [0.5, 0.6) is 0 Å². The Balaban J connectivity index is 2.30. The van der Waals surface area contributed by atoms with Crippen molar-refractivity contribution in [1.82, 2.24) is 5.16 Å². The van der Waals surface area contributed by atoms with Gasteiger partial charge in [-0.25, -0.2) is 0 Å². The van der Waals surface area contributed by atoms with Crippen molar-refractivity contribution in [3.8, 4) is 11.3 Å². The second-order valence-electron chi connectivity index (χ2n) is 4.22. The van der Waals surface area contributed by atoms with E-state index in [1.807, 2.05) is 6.92 Å². The van der Waals surface area contributed by atoms with Crippen LogP contribution in [0, 0.1) is 6.92 Å². The highest BCUT2D eigenvalue weighted by Crippen LogP contribution is 2.31. The molecular formula is C14H16BrNO. The SMILES string of the molecule is CCCCc1cccc(-c2onc(C)c2Br)c1. The van der Waals surface area contributed by atoms with Gasteiger partial charge in [0.1, 0.15) is 0 Å². The second-order valence-corrected chi connectivity index (χ2v) is 5.01. The molecule has 0 saturated carbocycles. The van der Waals surface area contributed by atoms with Gasteiger partial charge in [-0.1, -0.05) is 36.7 Å². The lowest BCUT2D eigenvalue weighted by Gasteiger charge is -2.02. The molecule has 1 aromatic heterocycles. The first-order chi connectivity index (χ1) is 8.22. The number of benzene rings is 1. The molecule has 2 nitrogen and oxygen atoms in total. The first-order valence-corrected chi connectivity index (χ1v) is 6.72. The first-order valence-electron chi connectivity index (χ1n) is 5.93. The number of halogens is 1. The molecule has 1 heterocycles. The Morgan fingerprint density at radius 1 is 1.35 bits per heavy atom. The minimum absolute atomic E-state index is 0.820. The fourth-order valence-corrected chi connectivity index (χ4v) is 2.16. The van der Waals surface area contributed by atoms with E-state index in [9.17, 15) is 0 Å². The van der Waals surface area contributed by atoms with Gasteiger partial charge in [0.2, 0.25) is 0 Å². The Morgan fingerprint density at radius 2 is 2.18 bits per heavy atom. The topological polar surface area (TPSA) is 26.0 Å². The van der Waals surface area contributed by atoms with Crippen molar-refractivity contribution in [1.29, 1.82) is 0 Å². The lowest BCUT2D eigenvalue weighted by molar-refractivity contribution is 0.427. The normalized spacial score (nSPS) is 10.8. The van der Waals surface area contributed by atoms with Crippen LogP contribution in [-0.2, 0) is 6.42 Å². The summed E-state index contributed by atoms with van der Waals surface area (Å²) in [6.07, 6.45) is 3.56. The van der Waals surface area contributed by atoms with E-state index in [1.165, 1.54) is 18.4 Å². The largest absolute Gasteiger partial charge is 0.355 e. The number of hydrogen-bond acceptors (Lipinski definition) is 2. The average Bonchev–Trinajstić information content (AvgIpc) is 2.68. The molecule has 2 rings (SSSR count). The summed E-state index contributed by atoms with van der Waals surface area (Å²) in [5, 5.41) is 3.96. The molecule has 0 aliphatic carbocycles. The van der Waals surface area contributed by atoms with Gasteiger partial charge in [0.25, 0.3) is 0 Å². The lowest BCUT2D eigenvalue weighted by atomic mass is 10.0. The Labute approximate surface area is 110 Å². The molecule has 0 amide bonds. The van der Waals surface area contributed by atoms with E-state index in [2.05, 4.69) is 52.3 Å². The zero-order chi connectivity index (χ0) is 12.3. The minimum Gasteiger partial charge on any atom is -0.355 e. The Morgan fingerprint density at radius 3 is 2.82 bits per heavy atom. The molecule has 0 atom stereocenters. The van der Waals surface area contributed by atoms with Gasteiger partial charge in [-0.05, 0) is 47.3 Å². The van der Waals surface area contributed by atoms with Crippen molar-refractivity contribution in [3.05, 3.63) is 40.0 Å². The van der Waals surface area contributed by atoms with Crippen LogP contribution < -0.4 is 0 Å². The molecule has 2 aromatic rings. The van der Waals surface area contributed by atoms with Crippen LogP contribution in [0.2, 0.25) is 0 Å². The molecule has 0 spiro atoms. The van der Waals surface area contributed by atoms with Gasteiger partial charge in [0.05, 0.1) is 10.2 Å². The zero-order valence-corrected chi connectivity index (χ0v) is 11.8. The van der Waals surface area contributed by atoms with Crippen LogP contribution in [0.3, 0.4) is 0 Å². The van der Waals surface area contributed by atoms with Gasteiger partial charge in [-0.15, -0.1) is 0 Å². The van der Waals surface area contributed by atoms with Crippen LogP contribution in [0.4, 0.5) is 0 Å². The standard InChI is InChI=1S/C14H16BrNO/c1-3-4-6-11-7-5-8-12(9-11)14-13(15)10(2)16-17-14/h5,7-9H,3-4,6H2,1-2H3. The predicted octanol–water partition coefficient (Wildman–Crippen LogP) is 4.76. The smallest absolute Gasteiger partial charge is 0.181 e. The molecule has 0 aliphatic heterocycles. The van der Waals surface area contributed by atoms with Crippen molar-refractivity contribution in [2.24, 2.45) is 0 Å². The number of unbranched alkanes of at least 4 members (excludes halogenated alkanes) is 1. The molecule has 1 aromatic carbocycles. The fourth-order valence-electron chi connectivity index (χ4n) is 1.79. The molecule has 0 saturated heterocycles. The Kier molecular flexibility index (Phi) is 4.00. The monoisotopic (exact) mass is 293 g/mol. The van der Waals surface area contributed by atoms with Gasteiger partial charge in [-0.2, -0.15) is 0 Å². The van der Waals surface area contributed by atoms with Crippen LogP contribution >= 0.6 is 15.9 Å². The molecule has 3 heteroatoms. The van der Waals surface area contributed by atoms with Crippen molar-refractivity contribution >= 4 is 15.9 Å². The molecule has 0 bridgehead atoms. The molecule has 17 heavy (non-hydrogen) atoms. The van der Waals surface area contributed by atoms with Crippen molar-refractivity contribution < 1.29 is 4.52 Å². The molecule has 0 fully saturated rings. The molecule has 0 N–H and O–H groups in total. The van der Waals surface area contributed by atoms with E-state index in [0.717, 1.165) is 27.9 Å². The van der Waals surface area contributed by atoms with E-state index >= 15 is 0 Å². The van der Waals surface area contributed by atoms with Gasteiger partial charge in [-0.3, -0.25) is 0 Å². The van der Waals surface area contributed by atoms with E-state index < -0.39 is 0 Å². The number of aryl methyl sites for hydroxylation is 2. The summed E-state index contributed by atoms with van der Waals surface area (Å²) in [6.45, 7) is 4.14. The van der Waals surface area contributed by atoms with Crippen molar-refractivity contribution in [3.63, 3.8) is 0 Å². The van der Waals surface area contributed by atoms with Crippen LogP contribution in [0.1, 0.15) is 31.0 Å².